The fourth-order valence-electron chi connectivity index (χ4n) is 2.20. The van der Waals surface area contributed by atoms with E-state index < -0.39 is 21.8 Å². The lowest BCUT2D eigenvalue weighted by atomic mass is 10.0. The van der Waals surface area contributed by atoms with E-state index in [1.165, 1.54) is 36.4 Å². The number of aliphatic carboxylic acids is 1. The van der Waals surface area contributed by atoms with Gasteiger partial charge in [-0.15, -0.1) is 0 Å². The van der Waals surface area contributed by atoms with E-state index in [9.17, 15) is 17.6 Å². The first kappa shape index (κ1) is 19.6. The Bertz CT molecular complexity index is 892. The molecule has 0 amide bonds. The Labute approximate surface area is 151 Å². The third-order valence-electron chi connectivity index (χ3n) is 3.61. The Kier molecular flexibility index (Phi) is 6.46. The molecule has 2 rings (SSSR count). The smallest absolute Gasteiger partial charge is 0.303 e. The first-order valence-electron chi connectivity index (χ1n) is 7.91. The van der Waals surface area contributed by atoms with Crippen molar-refractivity contribution in [3.05, 3.63) is 65.5 Å². The minimum Gasteiger partial charge on any atom is -0.481 e. The Morgan fingerprint density at radius 1 is 1.08 bits per heavy atom. The van der Waals surface area contributed by atoms with Crippen molar-refractivity contribution in [2.75, 3.05) is 0 Å². The summed E-state index contributed by atoms with van der Waals surface area (Å²) in [5.41, 5.74) is 1.78. The molecule has 6 nitrogen and oxygen atoms in total. The number of hydrogen-bond acceptors (Lipinski definition) is 4. The predicted molar refractivity (Wildman–Crippen MR) is 95.9 cm³/mol. The average molecular weight is 378 g/mol. The minimum absolute atomic E-state index is 0.0656. The lowest BCUT2D eigenvalue weighted by Crippen LogP contribution is -2.21. The minimum atomic E-state index is -3.86. The van der Waals surface area contributed by atoms with Crippen LogP contribution in [-0.2, 0) is 14.8 Å². The summed E-state index contributed by atoms with van der Waals surface area (Å²) in [6, 6.07) is 11.7. The van der Waals surface area contributed by atoms with Crippen LogP contribution < -0.4 is 4.83 Å². The Morgan fingerprint density at radius 2 is 1.69 bits per heavy atom. The molecule has 2 aromatic rings. The van der Waals surface area contributed by atoms with Gasteiger partial charge in [-0.3, -0.25) is 4.79 Å². The Morgan fingerprint density at radius 3 is 2.27 bits per heavy atom. The Balaban J connectivity index is 2.24. The van der Waals surface area contributed by atoms with Crippen LogP contribution in [0, 0.1) is 12.7 Å². The molecule has 2 aromatic carbocycles. The highest BCUT2D eigenvalue weighted by molar-refractivity contribution is 7.89. The highest BCUT2D eigenvalue weighted by Crippen LogP contribution is 2.13. The van der Waals surface area contributed by atoms with E-state index in [-0.39, 0.29) is 24.2 Å². The van der Waals surface area contributed by atoms with Gasteiger partial charge in [0.05, 0.1) is 10.6 Å². The summed E-state index contributed by atoms with van der Waals surface area (Å²) in [5, 5.41) is 12.7. The first-order chi connectivity index (χ1) is 12.3. The number of hydrazone groups is 1. The second-order valence-corrected chi connectivity index (χ2v) is 7.38. The summed E-state index contributed by atoms with van der Waals surface area (Å²) in [6.45, 7) is 1.84. The van der Waals surface area contributed by atoms with Gasteiger partial charge in [-0.1, -0.05) is 29.8 Å². The van der Waals surface area contributed by atoms with Crippen molar-refractivity contribution < 1.29 is 22.7 Å². The standard InChI is InChI=1S/C18H19FN2O4S/c1-13-5-11-16(12-6-13)26(24,25)21-20-17(3-2-4-18(22)23)14-7-9-15(19)10-8-14/h5-12,21H,2-4H2,1H3,(H,22,23)/b20-17-. The van der Waals surface area contributed by atoms with Crippen LogP contribution >= 0.6 is 0 Å². The van der Waals surface area contributed by atoms with Crippen molar-refractivity contribution in [1.82, 2.24) is 4.83 Å². The van der Waals surface area contributed by atoms with Crippen molar-refractivity contribution in [3.8, 4) is 0 Å². The second kappa shape index (κ2) is 8.57. The number of nitrogens with one attached hydrogen (secondary N) is 1. The monoisotopic (exact) mass is 378 g/mol. The molecule has 0 fully saturated rings. The number of sulfonamides is 1. The zero-order valence-corrected chi connectivity index (χ0v) is 15.0. The largest absolute Gasteiger partial charge is 0.481 e. The molecule has 0 unspecified atom stereocenters. The molecular formula is C18H19FN2O4S. The number of rotatable bonds is 8. The molecule has 0 saturated carbocycles. The third-order valence-corrected chi connectivity index (χ3v) is 4.84. The number of carboxylic acid groups (broad SMARTS) is 1. The molecule has 0 radical (unpaired) electrons. The summed E-state index contributed by atoms with van der Waals surface area (Å²) in [5.74, 6) is -1.39. The van der Waals surface area contributed by atoms with Crippen LogP contribution in [0.25, 0.3) is 0 Å². The van der Waals surface area contributed by atoms with Gasteiger partial charge in [0.1, 0.15) is 5.82 Å². The molecule has 138 valence electrons. The number of carbonyl (C=O) groups is 1. The number of aryl methyl sites for hydroxylation is 1. The van der Waals surface area contributed by atoms with Crippen LogP contribution in [0.5, 0.6) is 0 Å². The summed E-state index contributed by atoms with van der Waals surface area (Å²) in [7, 11) is -3.86. The summed E-state index contributed by atoms with van der Waals surface area (Å²) in [4.78, 5) is 12.9. The molecule has 0 atom stereocenters. The van der Waals surface area contributed by atoms with Crippen LogP contribution in [0.15, 0.2) is 58.5 Å². The molecule has 2 N–H and O–H groups in total. The van der Waals surface area contributed by atoms with Gasteiger partial charge in [0, 0.05) is 6.42 Å². The van der Waals surface area contributed by atoms with Crippen LogP contribution in [-0.4, -0.2) is 25.2 Å². The van der Waals surface area contributed by atoms with E-state index in [2.05, 4.69) is 9.93 Å². The van der Waals surface area contributed by atoms with E-state index in [0.717, 1.165) is 5.56 Å². The van der Waals surface area contributed by atoms with Gasteiger partial charge in [-0.25, -0.2) is 4.39 Å². The van der Waals surface area contributed by atoms with Crippen LogP contribution in [0.2, 0.25) is 0 Å². The lowest BCUT2D eigenvalue weighted by Gasteiger charge is -2.09. The molecule has 0 aromatic heterocycles. The van der Waals surface area contributed by atoms with Gasteiger partial charge in [0.15, 0.2) is 0 Å². The summed E-state index contributed by atoms with van der Waals surface area (Å²) in [6.07, 6.45) is 0.428. The Hall–Kier alpha value is -2.74. The van der Waals surface area contributed by atoms with Crippen LogP contribution in [0.3, 0.4) is 0 Å². The van der Waals surface area contributed by atoms with Gasteiger partial charge in [0.2, 0.25) is 0 Å². The fourth-order valence-corrected chi connectivity index (χ4v) is 3.03. The van der Waals surface area contributed by atoms with E-state index in [4.69, 9.17) is 5.11 Å². The number of benzene rings is 2. The predicted octanol–water partition coefficient (Wildman–Crippen LogP) is 3.07. The van der Waals surface area contributed by atoms with Gasteiger partial charge < -0.3 is 5.11 Å². The lowest BCUT2D eigenvalue weighted by molar-refractivity contribution is -0.137. The highest BCUT2D eigenvalue weighted by Gasteiger charge is 2.14. The maximum Gasteiger partial charge on any atom is 0.303 e. The molecule has 0 aliphatic carbocycles. The molecule has 26 heavy (non-hydrogen) atoms. The normalized spacial score (nSPS) is 12.0. The first-order valence-corrected chi connectivity index (χ1v) is 9.39. The SMILES string of the molecule is Cc1ccc(S(=O)(=O)N/N=C(/CCCC(=O)O)c2ccc(F)cc2)cc1. The van der Waals surface area contributed by atoms with Gasteiger partial charge in [-0.05, 0) is 49.6 Å². The third kappa shape index (κ3) is 5.66. The zero-order chi connectivity index (χ0) is 19.2. The van der Waals surface area contributed by atoms with E-state index in [1.807, 2.05) is 6.92 Å². The number of nitrogens with zero attached hydrogens (tertiary/aromatic N) is 1. The fraction of sp³-hybridized carbons (Fsp3) is 0.222. The number of carboxylic acids is 1. The number of hydrogen-bond donors (Lipinski definition) is 2. The zero-order valence-electron chi connectivity index (χ0n) is 14.1. The molecule has 0 spiro atoms. The quantitative estimate of drug-likeness (QED) is 0.545. The van der Waals surface area contributed by atoms with Gasteiger partial charge in [-0.2, -0.15) is 18.4 Å². The molecule has 0 bridgehead atoms. The van der Waals surface area contributed by atoms with Crippen molar-refractivity contribution in [3.63, 3.8) is 0 Å². The summed E-state index contributed by atoms with van der Waals surface area (Å²) < 4.78 is 37.8. The highest BCUT2D eigenvalue weighted by atomic mass is 32.2. The average Bonchev–Trinajstić information content (AvgIpc) is 2.59. The molecular weight excluding hydrogens is 359 g/mol. The summed E-state index contributed by atoms with van der Waals surface area (Å²) >= 11 is 0. The van der Waals surface area contributed by atoms with Crippen molar-refractivity contribution >= 4 is 21.7 Å². The van der Waals surface area contributed by atoms with E-state index in [1.54, 1.807) is 12.1 Å². The van der Waals surface area contributed by atoms with E-state index >= 15 is 0 Å². The van der Waals surface area contributed by atoms with Crippen molar-refractivity contribution in [2.45, 2.75) is 31.1 Å². The van der Waals surface area contributed by atoms with Crippen molar-refractivity contribution in [2.24, 2.45) is 5.10 Å². The van der Waals surface area contributed by atoms with Crippen LogP contribution in [0.1, 0.15) is 30.4 Å². The van der Waals surface area contributed by atoms with E-state index in [0.29, 0.717) is 11.3 Å². The van der Waals surface area contributed by atoms with Crippen molar-refractivity contribution in [1.29, 1.82) is 0 Å². The molecule has 0 saturated heterocycles. The van der Waals surface area contributed by atoms with Gasteiger partial charge >= 0.3 is 5.97 Å². The van der Waals surface area contributed by atoms with Gasteiger partial charge in [0.25, 0.3) is 10.0 Å². The molecule has 0 heterocycles. The maximum atomic E-state index is 13.1. The molecule has 0 aliphatic heterocycles. The number of halogens is 1. The van der Waals surface area contributed by atoms with Crippen LogP contribution in [0.4, 0.5) is 4.39 Å². The molecule has 8 heteroatoms. The maximum absolute atomic E-state index is 13.1. The topological polar surface area (TPSA) is 95.8 Å². The second-order valence-electron chi connectivity index (χ2n) is 5.72. The molecule has 0 aliphatic rings.